The average Bonchev–Trinajstić information content (AvgIpc) is 2.74. The fraction of sp³-hybridized carbons (Fsp3) is 0.273. The molecule has 1 aromatic carbocycles. The molecule has 1 saturated carbocycles. The largest absolute Gasteiger partial charge is 0.355 e. The smallest absolute Gasteiger partial charge is 0.251 e. The molecule has 6 nitrogen and oxygen atoms in total. The minimum atomic E-state index is -0.310. The summed E-state index contributed by atoms with van der Waals surface area (Å²) in [7, 11) is 1.60. The number of benzene rings is 1. The molecule has 0 spiro atoms. The monoisotopic (exact) mass is 391 g/mol. The van der Waals surface area contributed by atoms with Gasteiger partial charge in [-0.15, -0.1) is 0 Å². The Balaban J connectivity index is 1.48. The van der Waals surface area contributed by atoms with E-state index in [1.165, 1.54) is 6.07 Å². The van der Waals surface area contributed by atoms with Gasteiger partial charge in [0.25, 0.3) is 5.91 Å². The third-order valence-corrected chi connectivity index (χ3v) is 5.49. The number of nitrogens with one attached hydrogen (secondary N) is 2. The number of aromatic nitrogens is 3. The van der Waals surface area contributed by atoms with Gasteiger partial charge in [0.05, 0.1) is 5.69 Å². The first kappa shape index (κ1) is 19.0. The molecule has 0 saturated heterocycles. The van der Waals surface area contributed by atoms with Crippen LogP contribution in [0.5, 0.6) is 0 Å². The first-order valence-corrected chi connectivity index (χ1v) is 9.61. The highest BCUT2D eigenvalue weighted by Crippen LogP contribution is 2.43. The Hall–Kier alpha value is -3.35. The van der Waals surface area contributed by atoms with E-state index in [9.17, 15) is 9.18 Å². The van der Waals surface area contributed by atoms with Gasteiger partial charge >= 0.3 is 0 Å². The molecule has 0 aliphatic heterocycles. The number of hydrogen-bond donors (Lipinski definition) is 2. The van der Waals surface area contributed by atoms with Gasteiger partial charge in [-0.2, -0.15) is 0 Å². The predicted molar refractivity (Wildman–Crippen MR) is 109 cm³/mol. The van der Waals surface area contributed by atoms with Gasteiger partial charge in [-0.25, -0.2) is 14.4 Å². The highest BCUT2D eigenvalue weighted by molar-refractivity contribution is 5.95. The molecule has 0 unspecified atom stereocenters. The third kappa shape index (κ3) is 3.81. The fourth-order valence-corrected chi connectivity index (χ4v) is 3.68. The van der Waals surface area contributed by atoms with E-state index < -0.39 is 0 Å². The van der Waals surface area contributed by atoms with Gasteiger partial charge in [-0.1, -0.05) is 18.6 Å². The van der Waals surface area contributed by atoms with Crippen molar-refractivity contribution in [2.24, 2.45) is 0 Å². The quantitative estimate of drug-likeness (QED) is 0.672. The van der Waals surface area contributed by atoms with Crippen molar-refractivity contribution in [2.75, 3.05) is 18.9 Å². The molecule has 29 heavy (non-hydrogen) atoms. The number of rotatable bonds is 6. The van der Waals surface area contributed by atoms with Crippen molar-refractivity contribution in [3.63, 3.8) is 0 Å². The Morgan fingerprint density at radius 1 is 1.10 bits per heavy atom. The van der Waals surface area contributed by atoms with Crippen molar-refractivity contribution in [3.8, 4) is 11.1 Å². The summed E-state index contributed by atoms with van der Waals surface area (Å²) in [6, 6.07) is 10.4. The van der Waals surface area contributed by atoms with E-state index in [2.05, 4.69) is 25.6 Å². The second-order valence-electron chi connectivity index (χ2n) is 7.28. The minimum absolute atomic E-state index is 0.140. The highest BCUT2D eigenvalue weighted by atomic mass is 19.1. The lowest BCUT2D eigenvalue weighted by molar-refractivity contribution is 0.0963. The second kappa shape index (κ2) is 7.95. The van der Waals surface area contributed by atoms with Crippen LogP contribution in [0.4, 0.5) is 10.3 Å². The summed E-state index contributed by atoms with van der Waals surface area (Å²) in [4.78, 5) is 24.9. The van der Waals surface area contributed by atoms with Gasteiger partial charge in [0, 0.05) is 48.7 Å². The van der Waals surface area contributed by atoms with E-state index in [4.69, 9.17) is 0 Å². The van der Waals surface area contributed by atoms with Crippen LogP contribution in [0.15, 0.2) is 55.0 Å². The van der Waals surface area contributed by atoms with Crippen LogP contribution in [0, 0.1) is 5.82 Å². The van der Waals surface area contributed by atoms with E-state index in [-0.39, 0.29) is 17.1 Å². The topological polar surface area (TPSA) is 79.8 Å². The fourth-order valence-electron chi connectivity index (χ4n) is 3.68. The van der Waals surface area contributed by atoms with Crippen molar-refractivity contribution in [3.05, 3.63) is 72.1 Å². The highest BCUT2D eigenvalue weighted by Gasteiger charge is 2.41. The van der Waals surface area contributed by atoms with Crippen LogP contribution in [0.3, 0.4) is 0 Å². The lowest BCUT2D eigenvalue weighted by Gasteiger charge is -2.41. The summed E-state index contributed by atoms with van der Waals surface area (Å²) in [6.45, 7) is 0.534. The van der Waals surface area contributed by atoms with Gasteiger partial charge in [-0.3, -0.25) is 9.78 Å². The van der Waals surface area contributed by atoms with E-state index >= 15 is 0 Å². The molecule has 3 aromatic rings. The lowest BCUT2D eigenvalue weighted by atomic mass is 9.66. The Kier molecular flexibility index (Phi) is 5.20. The van der Waals surface area contributed by atoms with Crippen LogP contribution in [0.25, 0.3) is 11.1 Å². The lowest BCUT2D eigenvalue weighted by Crippen LogP contribution is -2.42. The zero-order chi connectivity index (χ0) is 20.3. The second-order valence-corrected chi connectivity index (χ2v) is 7.28. The first-order chi connectivity index (χ1) is 14.1. The molecular formula is C22H22FN5O. The predicted octanol–water partition coefficient (Wildman–Crippen LogP) is 3.57. The van der Waals surface area contributed by atoms with E-state index in [1.807, 2.05) is 12.1 Å². The number of carbonyl (C=O) groups excluding carboxylic acids is 1. The summed E-state index contributed by atoms with van der Waals surface area (Å²) in [5, 5.41) is 5.85. The molecule has 0 bridgehead atoms. The molecule has 7 heteroatoms. The molecule has 2 N–H and O–H groups in total. The molecule has 4 rings (SSSR count). The molecule has 148 valence electrons. The Morgan fingerprint density at radius 2 is 1.90 bits per heavy atom. The third-order valence-electron chi connectivity index (χ3n) is 5.49. The van der Waals surface area contributed by atoms with E-state index in [1.54, 1.807) is 43.8 Å². The molecule has 0 radical (unpaired) electrons. The molecule has 0 atom stereocenters. The number of anilines is 1. The van der Waals surface area contributed by atoms with Crippen molar-refractivity contribution in [1.82, 2.24) is 20.3 Å². The maximum Gasteiger partial charge on any atom is 0.251 e. The van der Waals surface area contributed by atoms with Gasteiger partial charge in [0.15, 0.2) is 0 Å². The van der Waals surface area contributed by atoms with Crippen LogP contribution in [0.1, 0.15) is 35.3 Å². The van der Waals surface area contributed by atoms with Gasteiger partial charge in [0.2, 0.25) is 5.95 Å². The SMILES string of the molecule is CNC(=O)c1cccc(-c2cnc(NCC3(c4ncccc4F)CCC3)nc2)c1. The molecule has 2 heterocycles. The molecule has 1 amide bonds. The van der Waals surface area contributed by atoms with Gasteiger partial charge < -0.3 is 10.6 Å². The summed E-state index contributed by atoms with van der Waals surface area (Å²) < 4.78 is 14.2. The molecule has 1 aliphatic rings. The van der Waals surface area contributed by atoms with Crippen molar-refractivity contribution < 1.29 is 9.18 Å². The number of carbonyl (C=O) groups is 1. The number of nitrogens with zero attached hydrogens (tertiary/aromatic N) is 3. The normalized spacial score (nSPS) is 14.7. The Labute approximate surface area is 168 Å². The van der Waals surface area contributed by atoms with Crippen LogP contribution in [0.2, 0.25) is 0 Å². The van der Waals surface area contributed by atoms with E-state index in [0.29, 0.717) is 23.8 Å². The maximum absolute atomic E-state index is 14.2. The Morgan fingerprint density at radius 3 is 2.55 bits per heavy atom. The average molecular weight is 391 g/mol. The molecular weight excluding hydrogens is 369 g/mol. The summed E-state index contributed by atoms with van der Waals surface area (Å²) in [5.74, 6) is 0.0821. The van der Waals surface area contributed by atoms with Crippen LogP contribution >= 0.6 is 0 Å². The van der Waals surface area contributed by atoms with Crippen molar-refractivity contribution in [2.45, 2.75) is 24.7 Å². The van der Waals surface area contributed by atoms with Crippen LogP contribution in [-0.2, 0) is 5.41 Å². The zero-order valence-electron chi connectivity index (χ0n) is 16.2. The number of pyridine rings is 1. The number of amides is 1. The van der Waals surface area contributed by atoms with Gasteiger partial charge in [0.1, 0.15) is 5.82 Å². The number of hydrogen-bond acceptors (Lipinski definition) is 5. The van der Waals surface area contributed by atoms with Crippen molar-refractivity contribution in [1.29, 1.82) is 0 Å². The Bertz CT molecular complexity index is 1020. The summed E-state index contributed by atoms with van der Waals surface area (Å²) in [6.07, 6.45) is 7.90. The standard InChI is InChI=1S/C22H22FN5O/c1-24-20(29)16-6-2-5-15(11-16)17-12-26-21(27-13-17)28-14-22(8-4-9-22)19-18(23)7-3-10-25-19/h2-3,5-7,10-13H,4,8-9,14H2,1H3,(H,24,29)(H,26,27,28). The summed E-state index contributed by atoms with van der Waals surface area (Å²) in [5.41, 5.74) is 2.46. The van der Waals surface area contributed by atoms with Crippen LogP contribution in [-0.4, -0.2) is 34.5 Å². The number of halogens is 1. The minimum Gasteiger partial charge on any atom is -0.355 e. The molecule has 1 fully saturated rings. The van der Waals surface area contributed by atoms with E-state index in [0.717, 1.165) is 30.4 Å². The zero-order valence-corrected chi connectivity index (χ0v) is 16.2. The van der Waals surface area contributed by atoms with Crippen molar-refractivity contribution >= 4 is 11.9 Å². The molecule has 2 aromatic heterocycles. The summed E-state index contributed by atoms with van der Waals surface area (Å²) >= 11 is 0. The van der Waals surface area contributed by atoms with Gasteiger partial charge in [-0.05, 0) is 42.7 Å². The van der Waals surface area contributed by atoms with Crippen LogP contribution < -0.4 is 10.6 Å². The molecule has 1 aliphatic carbocycles. The first-order valence-electron chi connectivity index (χ1n) is 9.61. The maximum atomic E-state index is 14.2.